The lowest BCUT2D eigenvalue weighted by molar-refractivity contribution is -0.119. The third-order valence-electron chi connectivity index (χ3n) is 3.96. The lowest BCUT2D eigenvalue weighted by Gasteiger charge is -2.12. The summed E-state index contributed by atoms with van der Waals surface area (Å²) in [5, 5.41) is 5.84. The first-order chi connectivity index (χ1) is 12.2. The fraction of sp³-hybridized carbons (Fsp3) is 0.316. The number of anilines is 2. The molecule has 0 bridgehead atoms. The van der Waals surface area contributed by atoms with Crippen molar-refractivity contribution in [3.8, 4) is 0 Å². The quantitative estimate of drug-likeness (QED) is 0.781. The third kappa shape index (κ3) is 4.49. The van der Waals surface area contributed by atoms with Gasteiger partial charge in [0.2, 0.25) is 5.91 Å². The Labute approximate surface area is 156 Å². The predicted molar refractivity (Wildman–Crippen MR) is 103 cm³/mol. The van der Waals surface area contributed by atoms with Crippen LogP contribution in [0.5, 0.6) is 0 Å². The first kappa shape index (κ1) is 19.7. The van der Waals surface area contributed by atoms with Gasteiger partial charge in [0.25, 0.3) is 5.91 Å². The van der Waals surface area contributed by atoms with E-state index in [0.29, 0.717) is 10.6 Å². The number of aryl methyl sites for hydroxylation is 3. The second-order valence-electron chi connectivity index (χ2n) is 6.06. The molecule has 2 amide bonds. The van der Waals surface area contributed by atoms with Crippen LogP contribution in [0.25, 0.3) is 0 Å². The molecule has 0 aliphatic rings. The molecular weight excluding hydrogens is 352 g/mol. The van der Waals surface area contributed by atoms with Gasteiger partial charge in [-0.05, 0) is 44.4 Å². The number of carbonyl (C=O) groups is 3. The van der Waals surface area contributed by atoms with Crippen LogP contribution in [0.1, 0.15) is 38.8 Å². The Morgan fingerprint density at radius 1 is 1.04 bits per heavy atom. The number of hydrogen-bond donors (Lipinski definition) is 2. The average molecular weight is 374 g/mol. The number of rotatable bonds is 5. The summed E-state index contributed by atoms with van der Waals surface area (Å²) in [7, 11) is 0. The summed E-state index contributed by atoms with van der Waals surface area (Å²) in [6.45, 7) is 8.40. The molecule has 0 fully saturated rings. The van der Waals surface area contributed by atoms with Crippen LogP contribution in [0.15, 0.2) is 18.2 Å². The topological polar surface area (TPSA) is 84.5 Å². The van der Waals surface area contributed by atoms with Crippen LogP contribution in [-0.4, -0.2) is 24.4 Å². The van der Waals surface area contributed by atoms with Crippen molar-refractivity contribution in [1.29, 1.82) is 0 Å². The second-order valence-corrected chi connectivity index (χ2v) is 7.28. The smallest absolute Gasteiger partial charge is 0.341 e. The fourth-order valence-corrected chi connectivity index (χ4v) is 3.61. The lowest BCUT2D eigenvalue weighted by Crippen LogP contribution is -2.22. The lowest BCUT2D eigenvalue weighted by atomic mass is 10.1. The molecule has 6 nitrogen and oxygen atoms in total. The van der Waals surface area contributed by atoms with Crippen LogP contribution < -0.4 is 10.6 Å². The van der Waals surface area contributed by atoms with Gasteiger partial charge < -0.3 is 15.4 Å². The number of esters is 1. The van der Waals surface area contributed by atoms with Gasteiger partial charge in [-0.2, -0.15) is 0 Å². The van der Waals surface area contributed by atoms with Crippen molar-refractivity contribution in [2.75, 3.05) is 17.2 Å². The second kappa shape index (κ2) is 8.14. The molecule has 0 saturated carbocycles. The minimum absolute atomic E-state index is 0.270. The first-order valence-corrected chi connectivity index (χ1v) is 8.93. The Bertz CT molecular complexity index is 850. The number of amides is 2. The zero-order valence-electron chi connectivity index (χ0n) is 15.5. The maximum absolute atomic E-state index is 12.4. The van der Waals surface area contributed by atoms with Crippen molar-refractivity contribution in [3.63, 3.8) is 0 Å². The maximum atomic E-state index is 12.4. The van der Waals surface area contributed by atoms with E-state index in [1.165, 1.54) is 18.3 Å². The molecule has 2 rings (SSSR count). The summed E-state index contributed by atoms with van der Waals surface area (Å²) in [5.41, 5.74) is 3.61. The van der Waals surface area contributed by atoms with Crippen LogP contribution in [0.4, 0.5) is 10.7 Å². The highest BCUT2D eigenvalue weighted by Crippen LogP contribution is 2.33. The van der Waals surface area contributed by atoms with Gasteiger partial charge in [0.05, 0.1) is 5.56 Å². The fourth-order valence-electron chi connectivity index (χ4n) is 2.51. The third-order valence-corrected chi connectivity index (χ3v) is 5.08. The number of benzene rings is 1. The average Bonchev–Trinajstić information content (AvgIpc) is 2.82. The first-order valence-electron chi connectivity index (χ1n) is 8.11. The van der Waals surface area contributed by atoms with Gasteiger partial charge in [0.15, 0.2) is 6.61 Å². The molecule has 0 unspecified atom stereocenters. The number of carbonyl (C=O) groups excluding carboxylic acids is 3. The van der Waals surface area contributed by atoms with E-state index in [2.05, 4.69) is 10.6 Å². The van der Waals surface area contributed by atoms with Crippen molar-refractivity contribution in [2.24, 2.45) is 0 Å². The zero-order valence-corrected chi connectivity index (χ0v) is 16.3. The van der Waals surface area contributed by atoms with Gasteiger partial charge in [-0.3, -0.25) is 9.59 Å². The Balaban J connectivity index is 2.07. The normalized spacial score (nSPS) is 10.3. The highest BCUT2D eigenvalue weighted by molar-refractivity contribution is 7.16. The molecule has 0 atom stereocenters. The molecule has 2 aromatic rings. The van der Waals surface area contributed by atoms with Crippen molar-refractivity contribution >= 4 is 39.8 Å². The van der Waals surface area contributed by atoms with Gasteiger partial charge in [-0.15, -0.1) is 11.3 Å². The molecule has 7 heteroatoms. The molecule has 1 aromatic carbocycles. The molecule has 138 valence electrons. The number of para-hydroxylation sites is 1. The van der Waals surface area contributed by atoms with E-state index < -0.39 is 18.5 Å². The monoisotopic (exact) mass is 374 g/mol. The van der Waals surface area contributed by atoms with Crippen LogP contribution >= 0.6 is 11.3 Å². The van der Waals surface area contributed by atoms with Crippen LogP contribution in [0.3, 0.4) is 0 Å². The molecule has 0 saturated heterocycles. The van der Waals surface area contributed by atoms with E-state index in [1.54, 1.807) is 6.92 Å². The minimum Gasteiger partial charge on any atom is -0.452 e. The highest BCUT2D eigenvalue weighted by Gasteiger charge is 2.22. The van der Waals surface area contributed by atoms with E-state index >= 15 is 0 Å². The van der Waals surface area contributed by atoms with E-state index in [-0.39, 0.29) is 5.91 Å². The summed E-state index contributed by atoms with van der Waals surface area (Å²) >= 11 is 1.31. The van der Waals surface area contributed by atoms with E-state index in [9.17, 15) is 14.4 Å². The van der Waals surface area contributed by atoms with Crippen molar-refractivity contribution < 1.29 is 19.1 Å². The molecule has 0 spiro atoms. The van der Waals surface area contributed by atoms with E-state index in [0.717, 1.165) is 27.3 Å². The van der Waals surface area contributed by atoms with E-state index in [4.69, 9.17) is 4.74 Å². The molecule has 0 radical (unpaired) electrons. The number of hydrogen-bond acceptors (Lipinski definition) is 5. The Kier molecular flexibility index (Phi) is 6.15. The number of thiophene rings is 1. The predicted octanol–water partition coefficient (Wildman–Crippen LogP) is 3.74. The molecule has 1 heterocycles. The summed E-state index contributed by atoms with van der Waals surface area (Å²) in [5.74, 6) is -1.32. The van der Waals surface area contributed by atoms with Gasteiger partial charge >= 0.3 is 5.97 Å². The van der Waals surface area contributed by atoms with Crippen LogP contribution in [-0.2, 0) is 14.3 Å². The number of ether oxygens (including phenoxy) is 1. The van der Waals surface area contributed by atoms with Crippen LogP contribution in [0.2, 0.25) is 0 Å². The van der Waals surface area contributed by atoms with Crippen molar-refractivity contribution in [2.45, 2.75) is 34.6 Å². The SMILES string of the molecule is CC(=O)Nc1sc(C)c(C)c1C(=O)OCC(=O)Nc1c(C)cccc1C. The Hall–Kier alpha value is -2.67. The number of nitrogens with one attached hydrogen (secondary N) is 2. The Morgan fingerprint density at radius 3 is 2.23 bits per heavy atom. The molecular formula is C19H22N2O4S. The van der Waals surface area contributed by atoms with E-state index in [1.807, 2.05) is 39.0 Å². The summed E-state index contributed by atoms with van der Waals surface area (Å²) in [6, 6.07) is 5.70. The van der Waals surface area contributed by atoms with Gasteiger partial charge in [-0.25, -0.2) is 4.79 Å². The summed E-state index contributed by atoms with van der Waals surface area (Å²) in [6.07, 6.45) is 0. The zero-order chi connectivity index (χ0) is 19.4. The maximum Gasteiger partial charge on any atom is 0.341 e. The van der Waals surface area contributed by atoms with Gasteiger partial charge in [-0.1, -0.05) is 18.2 Å². The molecule has 1 aromatic heterocycles. The highest BCUT2D eigenvalue weighted by atomic mass is 32.1. The molecule has 26 heavy (non-hydrogen) atoms. The molecule has 0 aliphatic heterocycles. The standard InChI is InChI=1S/C19H22N2O4S/c1-10-7-6-8-11(2)17(10)21-15(23)9-25-19(24)16-12(3)13(4)26-18(16)20-14(5)22/h6-8H,9H2,1-5H3,(H,20,22)(H,21,23). The van der Waals surface area contributed by atoms with Crippen molar-refractivity contribution in [3.05, 3.63) is 45.3 Å². The molecule has 0 aliphatic carbocycles. The minimum atomic E-state index is -0.632. The Morgan fingerprint density at radius 2 is 1.65 bits per heavy atom. The summed E-state index contributed by atoms with van der Waals surface area (Å²) in [4.78, 5) is 36.8. The molecule has 2 N–H and O–H groups in total. The summed E-state index contributed by atoms with van der Waals surface area (Å²) < 4.78 is 5.16. The van der Waals surface area contributed by atoms with Crippen LogP contribution in [0, 0.1) is 27.7 Å². The van der Waals surface area contributed by atoms with Gasteiger partial charge in [0.1, 0.15) is 5.00 Å². The van der Waals surface area contributed by atoms with Gasteiger partial charge in [0, 0.05) is 17.5 Å². The largest absolute Gasteiger partial charge is 0.452 e. The van der Waals surface area contributed by atoms with Crippen molar-refractivity contribution in [1.82, 2.24) is 0 Å².